The summed E-state index contributed by atoms with van der Waals surface area (Å²) in [4.78, 5) is 0. The van der Waals surface area contributed by atoms with Crippen LogP contribution < -0.4 is 16.0 Å². The van der Waals surface area contributed by atoms with Crippen molar-refractivity contribution in [1.29, 1.82) is 0 Å². The van der Waals surface area contributed by atoms with Gasteiger partial charge in [0.05, 0.1) is 18.3 Å². The fourth-order valence-corrected chi connectivity index (χ4v) is 2.05. The number of hydrazine groups is 1. The molecule has 0 fully saturated rings. The van der Waals surface area contributed by atoms with Crippen LogP contribution in [-0.4, -0.2) is 16.2 Å². The van der Waals surface area contributed by atoms with E-state index >= 15 is 0 Å². The second-order valence-electron chi connectivity index (χ2n) is 3.43. The van der Waals surface area contributed by atoms with E-state index in [4.69, 9.17) is 10.6 Å². The molecule has 0 saturated heterocycles. The first kappa shape index (κ1) is 12.0. The molecule has 6 heteroatoms. The first-order valence-electron chi connectivity index (χ1n) is 5.31. The molecule has 0 bridgehead atoms. The number of hydrogen-bond donors (Lipinski definition) is 2. The minimum Gasteiger partial charge on any atom is -0.494 e. The topological polar surface area (TPSA) is 73.1 Å². The van der Waals surface area contributed by atoms with E-state index in [1.807, 2.05) is 36.6 Å². The Balaban J connectivity index is 2.20. The standard InChI is InChI=1S/C11H14N4OS/c1-2-16-9-5-3-8(4-6-9)11(13-12)10-7-17-15-14-10/h3-7,11,13H,2,12H2,1H3. The first-order valence-corrected chi connectivity index (χ1v) is 6.14. The number of rotatable bonds is 5. The normalized spacial score (nSPS) is 12.4. The van der Waals surface area contributed by atoms with E-state index in [0.717, 1.165) is 17.0 Å². The van der Waals surface area contributed by atoms with Crippen LogP contribution in [0, 0.1) is 0 Å². The lowest BCUT2D eigenvalue weighted by atomic mass is 10.1. The Morgan fingerprint density at radius 1 is 1.41 bits per heavy atom. The predicted octanol–water partition coefficient (Wildman–Crippen LogP) is 1.49. The lowest BCUT2D eigenvalue weighted by Gasteiger charge is -2.13. The number of nitrogens with zero attached hydrogens (tertiary/aromatic N) is 2. The third-order valence-corrected chi connectivity index (χ3v) is 2.89. The molecule has 0 radical (unpaired) electrons. The predicted molar refractivity (Wildman–Crippen MR) is 66.7 cm³/mol. The van der Waals surface area contributed by atoms with E-state index in [-0.39, 0.29) is 6.04 Å². The monoisotopic (exact) mass is 250 g/mol. The maximum atomic E-state index is 5.55. The van der Waals surface area contributed by atoms with Crippen LogP contribution in [0.2, 0.25) is 0 Å². The Labute approximate surface area is 104 Å². The molecule has 3 N–H and O–H groups in total. The molecule has 1 heterocycles. The summed E-state index contributed by atoms with van der Waals surface area (Å²) in [5, 5.41) is 5.89. The summed E-state index contributed by atoms with van der Waals surface area (Å²) in [5.74, 6) is 6.40. The Morgan fingerprint density at radius 2 is 2.18 bits per heavy atom. The maximum absolute atomic E-state index is 5.55. The van der Waals surface area contributed by atoms with Gasteiger partial charge in [0.2, 0.25) is 0 Å². The van der Waals surface area contributed by atoms with Crippen LogP contribution in [0.3, 0.4) is 0 Å². The van der Waals surface area contributed by atoms with Crippen LogP contribution in [0.15, 0.2) is 29.6 Å². The molecule has 17 heavy (non-hydrogen) atoms. The van der Waals surface area contributed by atoms with E-state index in [2.05, 4.69) is 15.0 Å². The highest BCUT2D eigenvalue weighted by atomic mass is 32.1. The van der Waals surface area contributed by atoms with Crippen molar-refractivity contribution < 1.29 is 4.74 Å². The smallest absolute Gasteiger partial charge is 0.119 e. The molecule has 1 aromatic heterocycles. The average molecular weight is 250 g/mol. The average Bonchev–Trinajstić information content (AvgIpc) is 2.86. The van der Waals surface area contributed by atoms with Crippen molar-refractivity contribution in [3.05, 3.63) is 40.9 Å². The second-order valence-corrected chi connectivity index (χ2v) is 4.04. The SMILES string of the molecule is CCOc1ccc(C(NN)c2csnn2)cc1. The molecule has 0 aliphatic rings. The molecule has 0 saturated carbocycles. The molecule has 1 unspecified atom stereocenters. The van der Waals surface area contributed by atoms with Gasteiger partial charge < -0.3 is 4.74 Å². The first-order chi connectivity index (χ1) is 8.35. The van der Waals surface area contributed by atoms with Crippen molar-refractivity contribution in [1.82, 2.24) is 15.0 Å². The van der Waals surface area contributed by atoms with Gasteiger partial charge in [0.15, 0.2) is 0 Å². The molecule has 0 aliphatic carbocycles. The quantitative estimate of drug-likeness (QED) is 0.621. The van der Waals surface area contributed by atoms with Gasteiger partial charge in [0.1, 0.15) is 5.75 Å². The molecule has 90 valence electrons. The van der Waals surface area contributed by atoms with Crippen molar-refractivity contribution in [2.24, 2.45) is 5.84 Å². The molecule has 0 spiro atoms. The van der Waals surface area contributed by atoms with E-state index in [9.17, 15) is 0 Å². The van der Waals surface area contributed by atoms with Gasteiger partial charge >= 0.3 is 0 Å². The fraction of sp³-hybridized carbons (Fsp3) is 0.273. The highest BCUT2D eigenvalue weighted by Crippen LogP contribution is 2.22. The summed E-state index contributed by atoms with van der Waals surface area (Å²) in [5.41, 5.74) is 4.59. The molecule has 1 atom stereocenters. The molecule has 1 aromatic carbocycles. The Bertz CT molecular complexity index is 443. The molecule has 2 aromatic rings. The van der Waals surface area contributed by atoms with Crippen LogP contribution >= 0.6 is 11.5 Å². The Kier molecular flexibility index (Phi) is 4.03. The number of nitrogens with one attached hydrogen (secondary N) is 1. The van der Waals surface area contributed by atoms with Crippen molar-refractivity contribution in [2.45, 2.75) is 13.0 Å². The number of ether oxygens (including phenoxy) is 1. The minimum atomic E-state index is -0.135. The van der Waals surface area contributed by atoms with Crippen molar-refractivity contribution in [2.75, 3.05) is 6.61 Å². The molecule has 5 nitrogen and oxygen atoms in total. The van der Waals surface area contributed by atoms with Gasteiger partial charge in [-0.2, -0.15) is 0 Å². The van der Waals surface area contributed by atoms with Gasteiger partial charge in [0, 0.05) is 5.38 Å². The number of benzene rings is 1. The zero-order chi connectivity index (χ0) is 12.1. The van der Waals surface area contributed by atoms with Gasteiger partial charge in [-0.15, -0.1) is 5.10 Å². The van der Waals surface area contributed by atoms with Gasteiger partial charge in [-0.3, -0.25) is 5.84 Å². The van der Waals surface area contributed by atoms with Crippen LogP contribution in [0.25, 0.3) is 0 Å². The number of hydrogen-bond acceptors (Lipinski definition) is 6. The molecule has 0 aliphatic heterocycles. The molecule has 0 amide bonds. The van der Waals surface area contributed by atoms with Crippen LogP contribution in [0.4, 0.5) is 0 Å². The van der Waals surface area contributed by atoms with Crippen molar-refractivity contribution in [3.63, 3.8) is 0 Å². The van der Waals surface area contributed by atoms with E-state index in [1.54, 1.807) is 0 Å². The molecular weight excluding hydrogens is 236 g/mol. The summed E-state index contributed by atoms with van der Waals surface area (Å²) in [6.07, 6.45) is 0. The van der Waals surface area contributed by atoms with Crippen molar-refractivity contribution in [3.8, 4) is 5.75 Å². The zero-order valence-electron chi connectivity index (χ0n) is 9.46. The van der Waals surface area contributed by atoms with E-state index < -0.39 is 0 Å². The van der Waals surface area contributed by atoms with Crippen LogP contribution in [0.5, 0.6) is 5.75 Å². The highest BCUT2D eigenvalue weighted by Gasteiger charge is 2.14. The van der Waals surface area contributed by atoms with Gasteiger partial charge in [-0.05, 0) is 36.2 Å². The fourth-order valence-electron chi connectivity index (χ4n) is 1.57. The van der Waals surface area contributed by atoms with Gasteiger partial charge in [-0.25, -0.2) is 5.43 Å². The van der Waals surface area contributed by atoms with Crippen molar-refractivity contribution >= 4 is 11.5 Å². The summed E-state index contributed by atoms with van der Waals surface area (Å²) in [6, 6.07) is 7.64. The Morgan fingerprint density at radius 3 is 2.71 bits per heavy atom. The lowest BCUT2D eigenvalue weighted by molar-refractivity contribution is 0.340. The van der Waals surface area contributed by atoms with Crippen LogP contribution in [0.1, 0.15) is 24.2 Å². The maximum Gasteiger partial charge on any atom is 0.119 e. The lowest BCUT2D eigenvalue weighted by Crippen LogP contribution is -2.29. The highest BCUT2D eigenvalue weighted by molar-refractivity contribution is 7.03. The minimum absolute atomic E-state index is 0.135. The summed E-state index contributed by atoms with van der Waals surface area (Å²) in [7, 11) is 0. The van der Waals surface area contributed by atoms with E-state index in [0.29, 0.717) is 6.61 Å². The number of aromatic nitrogens is 2. The van der Waals surface area contributed by atoms with Crippen LogP contribution in [-0.2, 0) is 0 Å². The molecular formula is C11H14N4OS. The van der Waals surface area contributed by atoms with E-state index in [1.165, 1.54) is 11.5 Å². The Hall–Kier alpha value is -1.50. The summed E-state index contributed by atoms with van der Waals surface area (Å²) >= 11 is 1.31. The largest absolute Gasteiger partial charge is 0.494 e. The van der Waals surface area contributed by atoms with Gasteiger partial charge in [-0.1, -0.05) is 16.6 Å². The second kappa shape index (κ2) is 5.72. The molecule has 2 rings (SSSR count). The number of nitrogens with two attached hydrogens (primary N) is 1. The zero-order valence-corrected chi connectivity index (χ0v) is 10.3. The summed E-state index contributed by atoms with van der Waals surface area (Å²) < 4.78 is 9.22. The third kappa shape index (κ3) is 2.79. The van der Waals surface area contributed by atoms with Gasteiger partial charge in [0.25, 0.3) is 0 Å². The summed E-state index contributed by atoms with van der Waals surface area (Å²) in [6.45, 7) is 2.62. The third-order valence-electron chi connectivity index (χ3n) is 2.36.